The van der Waals surface area contributed by atoms with Gasteiger partial charge in [-0.15, -0.1) is 11.8 Å². The van der Waals surface area contributed by atoms with E-state index in [9.17, 15) is 4.79 Å². The predicted molar refractivity (Wildman–Crippen MR) is 80.3 cm³/mol. The highest BCUT2D eigenvalue weighted by atomic mass is 79.9. The summed E-state index contributed by atoms with van der Waals surface area (Å²) in [5.41, 5.74) is 1.44. The molecule has 0 aliphatic heterocycles. The summed E-state index contributed by atoms with van der Waals surface area (Å²) in [6.07, 6.45) is 2.02. The molecule has 0 unspecified atom stereocenters. The van der Waals surface area contributed by atoms with E-state index < -0.39 is 0 Å². The van der Waals surface area contributed by atoms with Crippen LogP contribution in [0.3, 0.4) is 0 Å². The first-order valence-electron chi connectivity index (χ1n) is 5.40. The summed E-state index contributed by atoms with van der Waals surface area (Å²) in [5, 5.41) is 2.87. The van der Waals surface area contributed by atoms with Crippen LogP contribution in [0.1, 0.15) is 10.4 Å². The van der Waals surface area contributed by atoms with Crippen LogP contribution in [-0.4, -0.2) is 12.2 Å². The maximum absolute atomic E-state index is 12.0. The Morgan fingerprint density at radius 1 is 1.17 bits per heavy atom. The molecule has 0 aromatic heterocycles. The van der Waals surface area contributed by atoms with Gasteiger partial charge in [0.25, 0.3) is 5.91 Å². The zero-order chi connectivity index (χ0) is 13.0. The molecule has 0 spiro atoms. The summed E-state index contributed by atoms with van der Waals surface area (Å²) in [7, 11) is 0. The van der Waals surface area contributed by atoms with Crippen molar-refractivity contribution in [1.29, 1.82) is 0 Å². The van der Waals surface area contributed by atoms with E-state index in [1.165, 1.54) is 4.90 Å². The Kier molecular flexibility index (Phi) is 4.44. The van der Waals surface area contributed by atoms with Crippen molar-refractivity contribution in [3.05, 3.63) is 58.6 Å². The van der Waals surface area contributed by atoms with Crippen LogP contribution in [0.25, 0.3) is 0 Å². The Bertz CT molecular complexity index is 554. The summed E-state index contributed by atoms with van der Waals surface area (Å²) in [6, 6.07) is 15.1. The summed E-state index contributed by atoms with van der Waals surface area (Å²) >= 11 is 5.03. The first kappa shape index (κ1) is 13.2. The molecule has 92 valence electrons. The summed E-state index contributed by atoms with van der Waals surface area (Å²) in [4.78, 5) is 13.2. The van der Waals surface area contributed by atoms with Gasteiger partial charge in [-0.2, -0.15) is 0 Å². The molecule has 1 amide bonds. The molecule has 0 saturated heterocycles. The van der Waals surface area contributed by atoms with Crippen LogP contribution in [0, 0.1) is 0 Å². The molecule has 0 bridgehead atoms. The van der Waals surface area contributed by atoms with Gasteiger partial charge in [0.2, 0.25) is 0 Å². The van der Waals surface area contributed by atoms with Crippen LogP contribution in [0.5, 0.6) is 0 Å². The number of benzene rings is 2. The number of nitrogens with one attached hydrogen (secondary N) is 1. The molecule has 1 N–H and O–H groups in total. The lowest BCUT2D eigenvalue weighted by atomic mass is 10.2. The van der Waals surface area contributed by atoms with E-state index in [0.29, 0.717) is 5.56 Å². The van der Waals surface area contributed by atoms with Gasteiger partial charge in [0.05, 0.1) is 0 Å². The smallest absolute Gasteiger partial charge is 0.255 e. The summed E-state index contributed by atoms with van der Waals surface area (Å²) < 4.78 is 0.896. The van der Waals surface area contributed by atoms with Gasteiger partial charge in [-0.3, -0.25) is 4.79 Å². The Morgan fingerprint density at radius 2 is 1.89 bits per heavy atom. The zero-order valence-corrected chi connectivity index (χ0v) is 12.2. The highest BCUT2D eigenvalue weighted by Gasteiger charge is 2.05. The zero-order valence-electron chi connectivity index (χ0n) is 9.81. The molecular weight excluding hydrogens is 310 g/mol. The van der Waals surface area contributed by atoms with E-state index in [-0.39, 0.29) is 5.91 Å². The largest absolute Gasteiger partial charge is 0.322 e. The second-order valence-electron chi connectivity index (χ2n) is 3.69. The fourth-order valence-electron chi connectivity index (χ4n) is 1.51. The Balaban J connectivity index is 2.11. The summed E-state index contributed by atoms with van der Waals surface area (Å²) in [5.74, 6) is -0.104. The van der Waals surface area contributed by atoms with Crippen molar-refractivity contribution in [2.75, 3.05) is 11.6 Å². The molecule has 2 rings (SSSR count). The number of thioether (sulfide) groups is 1. The topological polar surface area (TPSA) is 29.1 Å². The minimum atomic E-state index is -0.104. The van der Waals surface area contributed by atoms with E-state index in [2.05, 4.69) is 21.2 Å². The molecule has 0 atom stereocenters. The summed E-state index contributed by atoms with van der Waals surface area (Å²) in [6.45, 7) is 0. The van der Waals surface area contributed by atoms with Crippen molar-refractivity contribution in [2.24, 2.45) is 0 Å². The average molecular weight is 322 g/mol. The van der Waals surface area contributed by atoms with Crippen molar-refractivity contribution >= 4 is 39.3 Å². The Hall–Kier alpha value is -1.26. The first-order valence-corrected chi connectivity index (χ1v) is 7.42. The molecule has 2 nitrogen and oxygen atoms in total. The van der Waals surface area contributed by atoms with Gasteiger partial charge in [-0.25, -0.2) is 0 Å². The predicted octanol–water partition coefficient (Wildman–Crippen LogP) is 4.42. The normalized spacial score (nSPS) is 10.1. The molecule has 0 aliphatic carbocycles. The maximum atomic E-state index is 12.0. The van der Waals surface area contributed by atoms with Gasteiger partial charge in [0.15, 0.2) is 0 Å². The van der Waals surface area contributed by atoms with E-state index in [1.54, 1.807) is 23.9 Å². The number of amides is 1. The standard InChI is InChI=1S/C14H12BrNOS/c1-18-13-7-5-12(6-8-13)16-14(17)10-3-2-4-11(15)9-10/h2-9H,1H3,(H,16,17). The van der Waals surface area contributed by atoms with Gasteiger partial charge in [-0.1, -0.05) is 22.0 Å². The van der Waals surface area contributed by atoms with Crippen LogP contribution < -0.4 is 5.32 Å². The molecule has 2 aromatic carbocycles. The lowest BCUT2D eigenvalue weighted by molar-refractivity contribution is 0.102. The van der Waals surface area contributed by atoms with Crippen molar-refractivity contribution in [2.45, 2.75) is 4.90 Å². The van der Waals surface area contributed by atoms with E-state index in [0.717, 1.165) is 10.2 Å². The van der Waals surface area contributed by atoms with E-state index in [1.807, 2.05) is 42.7 Å². The van der Waals surface area contributed by atoms with Gasteiger partial charge in [0.1, 0.15) is 0 Å². The second kappa shape index (κ2) is 6.07. The number of carbonyl (C=O) groups excluding carboxylic acids is 1. The van der Waals surface area contributed by atoms with Crippen molar-refractivity contribution in [3.8, 4) is 0 Å². The maximum Gasteiger partial charge on any atom is 0.255 e. The minimum Gasteiger partial charge on any atom is -0.322 e. The third-order valence-corrected chi connectivity index (χ3v) is 3.67. The van der Waals surface area contributed by atoms with E-state index >= 15 is 0 Å². The minimum absolute atomic E-state index is 0.104. The van der Waals surface area contributed by atoms with E-state index in [4.69, 9.17) is 0 Å². The quantitative estimate of drug-likeness (QED) is 0.848. The van der Waals surface area contributed by atoms with Gasteiger partial charge in [-0.05, 0) is 48.7 Å². The first-order chi connectivity index (χ1) is 8.69. The number of hydrogen-bond donors (Lipinski definition) is 1. The fourth-order valence-corrected chi connectivity index (χ4v) is 2.31. The molecular formula is C14H12BrNOS. The second-order valence-corrected chi connectivity index (χ2v) is 5.49. The lowest BCUT2D eigenvalue weighted by Gasteiger charge is -2.06. The molecule has 4 heteroatoms. The molecule has 0 saturated carbocycles. The third-order valence-electron chi connectivity index (χ3n) is 2.43. The highest BCUT2D eigenvalue weighted by molar-refractivity contribution is 9.10. The van der Waals surface area contributed by atoms with Crippen molar-refractivity contribution < 1.29 is 4.79 Å². The third kappa shape index (κ3) is 3.37. The van der Waals surface area contributed by atoms with Gasteiger partial charge >= 0.3 is 0 Å². The number of halogens is 1. The van der Waals surface area contributed by atoms with Crippen LogP contribution in [-0.2, 0) is 0 Å². The highest BCUT2D eigenvalue weighted by Crippen LogP contribution is 2.18. The Labute approximate surface area is 119 Å². The fraction of sp³-hybridized carbons (Fsp3) is 0.0714. The number of rotatable bonds is 3. The van der Waals surface area contributed by atoms with Gasteiger partial charge in [0, 0.05) is 20.6 Å². The molecule has 0 fully saturated rings. The van der Waals surface area contributed by atoms with Crippen LogP contribution in [0.2, 0.25) is 0 Å². The Morgan fingerprint density at radius 3 is 2.50 bits per heavy atom. The average Bonchev–Trinajstić information content (AvgIpc) is 2.39. The van der Waals surface area contributed by atoms with Crippen LogP contribution in [0.15, 0.2) is 57.9 Å². The van der Waals surface area contributed by atoms with Crippen molar-refractivity contribution in [1.82, 2.24) is 0 Å². The number of carbonyl (C=O) groups is 1. The monoisotopic (exact) mass is 321 g/mol. The lowest BCUT2D eigenvalue weighted by Crippen LogP contribution is -2.11. The molecule has 0 aliphatic rings. The molecule has 0 radical (unpaired) electrons. The molecule has 0 heterocycles. The SMILES string of the molecule is CSc1ccc(NC(=O)c2cccc(Br)c2)cc1. The van der Waals surface area contributed by atoms with Crippen LogP contribution in [0.4, 0.5) is 5.69 Å². The number of hydrogen-bond acceptors (Lipinski definition) is 2. The molecule has 2 aromatic rings. The molecule has 18 heavy (non-hydrogen) atoms. The van der Waals surface area contributed by atoms with Gasteiger partial charge < -0.3 is 5.32 Å². The van der Waals surface area contributed by atoms with Crippen LogP contribution >= 0.6 is 27.7 Å². The van der Waals surface area contributed by atoms with Crippen molar-refractivity contribution in [3.63, 3.8) is 0 Å². The number of anilines is 1.